The molecule has 0 aliphatic carbocycles. The number of rotatable bonds is 6. The smallest absolute Gasteiger partial charge is 0.430 e. The summed E-state index contributed by atoms with van der Waals surface area (Å²) in [6.45, 7) is 3.49. The molecule has 0 aliphatic heterocycles. The number of benzene rings is 1. The fourth-order valence-electron chi connectivity index (χ4n) is 1.37. The SMILES string of the molecule is C=CCOC(=O)OC(OC)(OC)c1ccccc1. The molecular formula is C13H16O5. The first-order valence-electron chi connectivity index (χ1n) is 5.31. The minimum atomic E-state index is -1.61. The van der Waals surface area contributed by atoms with E-state index in [9.17, 15) is 4.79 Å². The van der Waals surface area contributed by atoms with Crippen molar-refractivity contribution in [1.82, 2.24) is 0 Å². The Labute approximate surface area is 106 Å². The van der Waals surface area contributed by atoms with Gasteiger partial charge in [0.1, 0.15) is 6.61 Å². The summed E-state index contributed by atoms with van der Waals surface area (Å²) in [5.74, 6) is -1.61. The van der Waals surface area contributed by atoms with Crippen molar-refractivity contribution in [2.75, 3.05) is 20.8 Å². The minimum Gasteiger partial charge on any atom is -0.430 e. The Morgan fingerprint density at radius 3 is 2.39 bits per heavy atom. The average Bonchev–Trinajstić information content (AvgIpc) is 2.43. The second-order valence-corrected chi connectivity index (χ2v) is 3.28. The van der Waals surface area contributed by atoms with Crippen molar-refractivity contribution in [1.29, 1.82) is 0 Å². The largest absolute Gasteiger partial charge is 0.513 e. The molecule has 98 valence electrons. The van der Waals surface area contributed by atoms with E-state index in [-0.39, 0.29) is 6.61 Å². The third kappa shape index (κ3) is 3.32. The summed E-state index contributed by atoms with van der Waals surface area (Å²) < 4.78 is 20.1. The number of methoxy groups -OCH3 is 2. The van der Waals surface area contributed by atoms with E-state index in [2.05, 4.69) is 6.58 Å². The highest BCUT2D eigenvalue weighted by Crippen LogP contribution is 2.27. The Bertz CT molecular complexity index is 384. The molecule has 0 aliphatic rings. The van der Waals surface area contributed by atoms with Crippen LogP contribution in [0.25, 0.3) is 0 Å². The van der Waals surface area contributed by atoms with Crippen LogP contribution < -0.4 is 0 Å². The Morgan fingerprint density at radius 2 is 1.89 bits per heavy atom. The first kappa shape index (κ1) is 14.2. The van der Waals surface area contributed by atoms with Crippen LogP contribution in [-0.4, -0.2) is 27.0 Å². The van der Waals surface area contributed by atoms with Gasteiger partial charge in [0.15, 0.2) is 0 Å². The standard InChI is InChI=1S/C13H16O5/c1-4-10-17-12(14)18-13(15-2,16-3)11-8-6-5-7-9-11/h4-9H,1,10H2,2-3H3. The molecule has 18 heavy (non-hydrogen) atoms. The molecule has 0 saturated carbocycles. The lowest BCUT2D eigenvalue weighted by Crippen LogP contribution is -2.36. The van der Waals surface area contributed by atoms with Crippen molar-refractivity contribution in [2.45, 2.75) is 5.97 Å². The zero-order chi connectivity index (χ0) is 13.4. The quantitative estimate of drug-likeness (QED) is 0.442. The van der Waals surface area contributed by atoms with Gasteiger partial charge >= 0.3 is 12.1 Å². The van der Waals surface area contributed by atoms with Gasteiger partial charge in [-0.15, -0.1) is 0 Å². The van der Waals surface area contributed by atoms with E-state index in [0.29, 0.717) is 5.56 Å². The number of hydrogen-bond acceptors (Lipinski definition) is 5. The normalized spacial score (nSPS) is 10.8. The van der Waals surface area contributed by atoms with Gasteiger partial charge in [0.2, 0.25) is 0 Å². The van der Waals surface area contributed by atoms with Crippen molar-refractivity contribution in [2.24, 2.45) is 0 Å². The summed E-state index contributed by atoms with van der Waals surface area (Å²) in [6.07, 6.45) is 0.535. The van der Waals surface area contributed by atoms with Crippen molar-refractivity contribution >= 4 is 6.16 Å². The summed E-state index contributed by atoms with van der Waals surface area (Å²) in [5.41, 5.74) is 0.547. The molecule has 0 unspecified atom stereocenters. The summed E-state index contributed by atoms with van der Waals surface area (Å²) in [5, 5.41) is 0. The second-order valence-electron chi connectivity index (χ2n) is 3.28. The minimum absolute atomic E-state index is 0.0527. The topological polar surface area (TPSA) is 54.0 Å². The van der Waals surface area contributed by atoms with Gasteiger partial charge < -0.3 is 18.9 Å². The van der Waals surface area contributed by atoms with E-state index in [0.717, 1.165) is 0 Å². The molecule has 0 fully saturated rings. The first-order valence-corrected chi connectivity index (χ1v) is 5.31. The number of carbonyl (C=O) groups is 1. The fraction of sp³-hybridized carbons (Fsp3) is 0.308. The van der Waals surface area contributed by atoms with E-state index in [1.807, 2.05) is 6.07 Å². The van der Waals surface area contributed by atoms with Gasteiger partial charge in [-0.1, -0.05) is 30.9 Å². The lowest BCUT2D eigenvalue weighted by atomic mass is 10.2. The molecule has 1 rings (SSSR count). The van der Waals surface area contributed by atoms with E-state index >= 15 is 0 Å². The predicted molar refractivity (Wildman–Crippen MR) is 64.8 cm³/mol. The van der Waals surface area contributed by atoms with Gasteiger partial charge in [0.25, 0.3) is 0 Å². The van der Waals surface area contributed by atoms with Crippen molar-refractivity contribution < 1.29 is 23.7 Å². The maximum Gasteiger partial charge on any atom is 0.513 e. The van der Waals surface area contributed by atoms with Crippen LogP contribution in [0.3, 0.4) is 0 Å². The lowest BCUT2D eigenvalue weighted by molar-refractivity contribution is -0.352. The van der Waals surface area contributed by atoms with E-state index in [1.54, 1.807) is 24.3 Å². The Morgan fingerprint density at radius 1 is 1.28 bits per heavy atom. The molecule has 0 bridgehead atoms. The zero-order valence-corrected chi connectivity index (χ0v) is 10.4. The van der Waals surface area contributed by atoms with Gasteiger partial charge in [0.05, 0.1) is 5.56 Å². The summed E-state index contributed by atoms with van der Waals surface area (Å²) in [6, 6.07) is 8.82. The van der Waals surface area contributed by atoms with Crippen LogP contribution in [0.4, 0.5) is 4.79 Å². The predicted octanol–water partition coefficient (Wildman–Crippen LogP) is 2.43. The molecular weight excluding hydrogens is 236 g/mol. The number of carbonyl (C=O) groups excluding carboxylic acids is 1. The maximum atomic E-state index is 11.5. The van der Waals surface area contributed by atoms with E-state index in [1.165, 1.54) is 20.3 Å². The highest BCUT2D eigenvalue weighted by Gasteiger charge is 2.38. The van der Waals surface area contributed by atoms with Crippen LogP contribution in [0.1, 0.15) is 5.56 Å². The van der Waals surface area contributed by atoms with Crippen LogP contribution in [0.2, 0.25) is 0 Å². The van der Waals surface area contributed by atoms with Crippen LogP contribution in [0.5, 0.6) is 0 Å². The molecule has 0 saturated heterocycles. The van der Waals surface area contributed by atoms with E-state index < -0.39 is 12.1 Å². The molecule has 0 N–H and O–H groups in total. The summed E-state index contributed by atoms with van der Waals surface area (Å²) >= 11 is 0. The summed E-state index contributed by atoms with van der Waals surface area (Å²) in [7, 11) is 2.74. The third-order valence-electron chi connectivity index (χ3n) is 2.20. The van der Waals surface area contributed by atoms with Gasteiger partial charge in [-0.05, 0) is 12.1 Å². The summed E-state index contributed by atoms with van der Waals surface area (Å²) in [4.78, 5) is 11.5. The van der Waals surface area contributed by atoms with Crippen molar-refractivity contribution in [3.8, 4) is 0 Å². The molecule has 0 heterocycles. The zero-order valence-electron chi connectivity index (χ0n) is 10.4. The Hall–Kier alpha value is -1.85. The molecule has 0 amide bonds. The molecule has 5 nitrogen and oxygen atoms in total. The third-order valence-corrected chi connectivity index (χ3v) is 2.20. The van der Waals surface area contributed by atoms with Gasteiger partial charge in [-0.2, -0.15) is 0 Å². The molecule has 5 heteroatoms. The van der Waals surface area contributed by atoms with Gasteiger partial charge in [-0.3, -0.25) is 0 Å². The Kier molecular flexibility index (Phi) is 5.35. The molecule has 0 aromatic heterocycles. The van der Waals surface area contributed by atoms with Gasteiger partial charge in [-0.25, -0.2) is 4.79 Å². The van der Waals surface area contributed by atoms with Gasteiger partial charge in [0, 0.05) is 14.2 Å². The molecule has 1 aromatic rings. The average molecular weight is 252 g/mol. The highest BCUT2D eigenvalue weighted by atomic mass is 16.9. The van der Waals surface area contributed by atoms with Crippen LogP contribution in [-0.2, 0) is 24.9 Å². The van der Waals surface area contributed by atoms with Crippen LogP contribution >= 0.6 is 0 Å². The lowest BCUT2D eigenvalue weighted by Gasteiger charge is -2.29. The molecule has 1 aromatic carbocycles. The maximum absolute atomic E-state index is 11.5. The van der Waals surface area contributed by atoms with E-state index in [4.69, 9.17) is 18.9 Å². The second kappa shape index (κ2) is 6.78. The van der Waals surface area contributed by atoms with Crippen molar-refractivity contribution in [3.05, 3.63) is 48.6 Å². The van der Waals surface area contributed by atoms with Crippen molar-refractivity contribution in [3.63, 3.8) is 0 Å². The van der Waals surface area contributed by atoms with Crippen LogP contribution in [0, 0.1) is 0 Å². The highest BCUT2D eigenvalue weighted by molar-refractivity contribution is 5.60. The molecule has 0 radical (unpaired) electrons. The number of hydrogen-bond donors (Lipinski definition) is 0. The molecule has 0 spiro atoms. The molecule has 0 atom stereocenters. The van der Waals surface area contributed by atoms with Crippen LogP contribution in [0.15, 0.2) is 43.0 Å². The Balaban J connectivity index is 2.87. The monoisotopic (exact) mass is 252 g/mol. The first-order chi connectivity index (χ1) is 8.68. The number of ether oxygens (including phenoxy) is 4. The fourth-order valence-corrected chi connectivity index (χ4v) is 1.37.